The highest BCUT2D eigenvalue weighted by atomic mass is 32.1. The molecule has 0 radical (unpaired) electrons. The second-order valence-electron chi connectivity index (χ2n) is 3.67. The molecule has 6 heteroatoms. The van der Waals surface area contributed by atoms with Gasteiger partial charge in [0.15, 0.2) is 5.13 Å². The minimum absolute atomic E-state index is 0.0965. The largest absolute Gasteiger partial charge is 0.465 e. The Kier molecular flexibility index (Phi) is 4.42. The summed E-state index contributed by atoms with van der Waals surface area (Å²) in [6.07, 6.45) is 1.83. The molecule has 0 atom stereocenters. The molecule has 0 aliphatic heterocycles. The molecule has 1 amide bonds. The number of rotatable bonds is 4. The van der Waals surface area contributed by atoms with Crippen molar-refractivity contribution in [3.63, 3.8) is 0 Å². The van der Waals surface area contributed by atoms with Crippen LogP contribution in [0.15, 0.2) is 6.20 Å². The first-order chi connectivity index (χ1) is 7.52. The molecular weight excluding hydrogens is 228 g/mol. The molecule has 1 heterocycles. The molecule has 0 saturated heterocycles. The molecule has 16 heavy (non-hydrogen) atoms. The summed E-state index contributed by atoms with van der Waals surface area (Å²) in [5.41, 5.74) is 0. The predicted molar refractivity (Wildman–Crippen MR) is 61.5 cm³/mol. The molecule has 1 aromatic rings. The van der Waals surface area contributed by atoms with Crippen LogP contribution in [0, 0.1) is 5.92 Å². The Hall–Kier alpha value is -1.43. The Morgan fingerprint density at radius 3 is 2.81 bits per heavy atom. The van der Waals surface area contributed by atoms with Crippen molar-refractivity contribution in [2.24, 2.45) is 5.92 Å². The second kappa shape index (κ2) is 5.60. The summed E-state index contributed by atoms with van der Waals surface area (Å²) in [6.45, 7) is 3.92. The lowest BCUT2D eigenvalue weighted by atomic mass is 10.1. The van der Waals surface area contributed by atoms with Gasteiger partial charge in [-0.3, -0.25) is 4.79 Å². The number of esters is 1. The smallest absolute Gasteiger partial charge is 0.349 e. The van der Waals surface area contributed by atoms with Crippen LogP contribution < -0.4 is 5.32 Å². The van der Waals surface area contributed by atoms with E-state index in [2.05, 4.69) is 15.0 Å². The second-order valence-corrected chi connectivity index (χ2v) is 4.70. The molecule has 1 rings (SSSR count). The number of aromatic nitrogens is 1. The fourth-order valence-electron chi connectivity index (χ4n) is 1.07. The predicted octanol–water partition coefficient (Wildman–Crippen LogP) is 1.91. The number of methoxy groups -OCH3 is 1. The highest BCUT2D eigenvalue weighted by Gasteiger charge is 2.12. The average Bonchev–Trinajstić information content (AvgIpc) is 2.63. The number of hydrogen-bond donors (Lipinski definition) is 1. The fraction of sp³-hybridized carbons (Fsp3) is 0.500. The lowest BCUT2D eigenvalue weighted by Crippen LogP contribution is -2.13. The van der Waals surface area contributed by atoms with Crippen molar-refractivity contribution >= 4 is 28.3 Å². The molecule has 0 aromatic carbocycles. The van der Waals surface area contributed by atoms with E-state index in [0.29, 0.717) is 22.3 Å². The topological polar surface area (TPSA) is 68.3 Å². The molecule has 0 spiro atoms. The Morgan fingerprint density at radius 1 is 1.56 bits per heavy atom. The Bertz CT molecular complexity index is 387. The summed E-state index contributed by atoms with van der Waals surface area (Å²) in [5, 5.41) is 3.06. The molecule has 0 aliphatic carbocycles. The summed E-state index contributed by atoms with van der Waals surface area (Å²) in [5.74, 6) is -0.248. The number of ether oxygens (including phenoxy) is 1. The number of carbonyl (C=O) groups is 2. The Balaban J connectivity index is 2.58. The zero-order valence-corrected chi connectivity index (χ0v) is 10.3. The van der Waals surface area contributed by atoms with Gasteiger partial charge in [0.2, 0.25) is 5.91 Å². The van der Waals surface area contributed by atoms with E-state index in [1.54, 1.807) is 0 Å². The zero-order valence-electron chi connectivity index (χ0n) is 9.44. The van der Waals surface area contributed by atoms with Crippen molar-refractivity contribution in [2.75, 3.05) is 12.4 Å². The standard InChI is InChI=1S/C10H14N2O3S/c1-6(2)4-8(13)12-10-11-5-7(16-10)9(14)15-3/h5-6H,4H2,1-3H3,(H,11,12,13). The normalized spacial score (nSPS) is 10.2. The minimum atomic E-state index is -0.443. The van der Waals surface area contributed by atoms with E-state index < -0.39 is 5.97 Å². The van der Waals surface area contributed by atoms with E-state index in [0.717, 1.165) is 11.3 Å². The van der Waals surface area contributed by atoms with Crippen molar-refractivity contribution in [1.82, 2.24) is 4.98 Å². The van der Waals surface area contributed by atoms with Crippen LogP contribution in [0.5, 0.6) is 0 Å². The average molecular weight is 242 g/mol. The molecule has 0 aliphatic rings. The molecule has 1 N–H and O–H groups in total. The molecule has 88 valence electrons. The highest BCUT2D eigenvalue weighted by molar-refractivity contribution is 7.17. The van der Waals surface area contributed by atoms with Crippen molar-refractivity contribution < 1.29 is 14.3 Å². The third-order valence-corrected chi connectivity index (χ3v) is 2.63. The van der Waals surface area contributed by atoms with Crippen molar-refractivity contribution in [2.45, 2.75) is 20.3 Å². The van der Waals surface area contributed by atoms with E-state index in [1.165, 1.54) is 13.3 Å². The number of nitrogens with zero attached hydrogens (tertiary/aromatic N) is 1. The molecule has 0 fully saturated rings. The number of anilines is 1. The van der Waals surface area contributed by atoms with Gasteiger partial charge in [-0.2, -0.15) is 0 Å². The lowest BCUT2D eigenvalue weighted by molar-refractivity contribution is -0.116. The first kappa shape index (κ1) is 12.6. The van der Waals surface area contributed by atoms with Gasteiger partial charge >= 0.3 is 5.97 Å². The first-order valence-corrected chi connectivity index (χ1v) is 5.68. The number of amides is 1. The van der Waals surface area contributed by atoms with E-state index in [1.807, 2.05) is 13.8 Å². The number of hydrogen-bond acceptors (Lipinski definition) is 5. The SMILES string of the molecule is COC(=O)c1cnc(NC(=O)CC(C)C)s1. The van der Waals surface area contributed by atoms with Gasteiger partial charge in [-0.15, -0.1) is 0 Å². The molecule has 1 aromatic heterocycles. The van der Waals surface area contributed by atoms with Gasteiger partial charge in [-0.05, 0) is 5.92 Å². The van der Waals surface area contributed by atoms with Crippen LogP contribution in [-0.4, -0.2) is 24.0 Å². The molecule has 0 saturated carbocycles. The van der Waals surface area contributed by atoms with Crippen molar-refractivity contribution in [3.05, 3.63) is 11.1 Å². The van der Waals surface area contributed by atoms with E-state index in [9.17, 15) is 9.59 Å². The van der Waals surface area contributed by atoms with Crippen LogP contribution >= 0.6 is 11.3 Å². The van der Waals surface area contributed by atoms with E-state index >= 15 is 0 Å². The fourth-order valence-corrected chi connectivity index (χ4v) is 1.82. The monoisotopic (exact) mass is 242 g/mol. The van der Waals surface area contributed by atoms with Gasteiger partial charge in [0.05, 0.1) is 13.3 Å². The molecule has 5 nitrogen and oxygen atoms in total. The highest BCUT2D eigenvalue weighted by Crippen LogP contribution is 2.19. The van der Waals surface area contributed by atoms with Crippen LogP contribution in [0.2, 0.25) is 0 Å². The van der Waals surface area contributed by atoms with Gasteiger partial charge in [0.1, 0.15) is 4.88 Å². The van der Waals surface area contributed by atoms with E-state index in [-0.39, 0.29) is 5.91 Å². The quantitative estimate of drug-likeness (QED) is 0.819. The maximum absolute atomic E-state index is 11.4. The Labute approximate surface area is 97.8 Å². The Morgan fingerprint density at radius 2 is 2.25 bits per heavy atom. The minimum Gasteiger partial charge on any atom is -0.465 e. The van der Waals surface area contributed by atoms with Crippen LogP contribution in [0.1, 0.15) is 29.9 Å². The van der Waals surface area contributed by atoms with Gasteiger partial charge in [-0.1, -0.05) is 25.2 Å². The first-order valence-electron chi connectivity index (χ1n) is 4.87. The van der Waals surface area contributed by atoms with Crippen LogP contribution in [0.4, 0.5) is 5.13 Å². The van der Waals surface area contributed by atoms with Crippen molar-refractivity contribution in [1.29, 1.82) is 0 Å². The molecule has 0 bridgehead atoms. The third-order valence-electron chi connectivity index (χ3n) is 1.73. The van der Waals surface area contributed by atoms with Crippen LogP contribution in [-0.2, 0) is 9.53 Å². The summed E-state index contributed by atoms with van der Waals surface area (Å²) in [4.78, 5) is 26.8. The summed E-state index contributed by atoms with van der Waals surface area (Å²) >= 11 is 1.10. The lowest BCUT2D eigenvalue weighted by Gasteiger charge is -2.03. The summed E-state index contributed by atoms with van der Waals surface area (Å²) in [7, 11) is 1.30. The van der Waals surface area contributed by atoms with E-state index in [4.69, 9.17) is 0 Å². The number of carbonyl (C=O) groups excluding carboxylic acids is 2. The maximum atomic E-state index is 11.4. The maximum Gasteiger partial charge on any atom is 0.349 e. The number of nitrogens with one attached hydrogen (secondary N) is 1. The van der Waals surface area contributed by atoms with Gasteiger partial charge in [0, 0.05) is 6.42 Å². The van der Waals surface area contributed by atoms with Crippen LogP contribution in [0.25, 0.3) is 0 Å². The molecular formula is C10H14N2O3S. The molecule has 0 unspecified atom stereocenters. The van der Waals surface area contributed by atoms with Crippen LogP contribution in [0.3, 0.4) is 0 Å². The van der Waals surface area contributed by atoms with Gasteiger partial charge in [0.25, 0.3) is 0 Å². The van der Waals surface area contributed by atoms with Gasteiger partial charge < -0.3 is 10.1 Å². The summed E-state index contributed by atoms with van der Waals surface area (Å²) < 4.78 is 4.54. The summed E-state index contributed by atoms with van der Waals surface area (Å²) in [6, 6.07) is 0. The third kappa shape index (κ3) is 3.62. The van der Waals surface area contributed by atoms with Gasteiger partial charge in [-0.25, -0.2) is 9.78 Å². The number of thiazole rings is 1. The zero-order chi connectivity index (χ0) is 12.1. The van der Waals surface area contributed by atoms with Crippen molar-refractivity contribution in [3.8, 4) is 0 Å².